The lowest BCUT2D eigenvalue weighted by molar-refractivity contribution is 0.168. The van der Waals surface area contributed by atoms with Gasteiger partial charge < -0.3 is 19.9 Å². The van der Waals surface area contributed by atoms with Gasteiger partial charge in [-0.1, -0.05) is 11.2 Å². The van der Waals surface area contributed by atoms with E-state index >= 15 is 0 Å². The van der Waals surface area contributed by atoms with Crippen LogP contribution in [-0.2, 0) is 4.74 Å². The number of aromatic nitrogens is 2. The largest absolute Gasteiger partial charge is 0.450 e. The van der Waals surface area contributed by atoms with Gasteiger partial charge in [0, 0.05) is 11.4 Å². The highest BCUT2D eigenvalue weighted by atomic mass is 16.5. The molecule has 3 amide bonds. The Morgan fingerprint density at radius 3 is 2.52 bits per heavy atom. The predicted molar refractivity (Wildman–Crippen MR) is 91.4 cm³/mol. The molecule has 0 aliphatic heterocycles. The van der Waals surface area contributed by atoms with E-state index in [2.05, 4.69) is 26.1 Å². The fraction of sp³-hybridized carbons (Fsp3) is 0.375. The lowest BCUT2D eigenvalue weighted by atomic mass is 10.1. The van der Waals surface area contributed by atoms with Gasteiger partial charge in [-0.3, -0.25) is 5.32 Å². The summed E-state index contributed by atoms with van der Waals surface area (Å²) >= 11 is 0. The number of anilines is 2. The Morgan fingerprint density at radius 2 is 1.92 bits per heavy atom. The lowest BCUT2D eigenvalue weighted by Gasteiger charge is -2.15. The van der Waals surface area contributed by atoms with Gasteiger partial charge in [-0.25, -0.2) is 9.59 Å². The van der Waals surface area contributed by atoms with E-state index in [1.165, 1.54) is 0 Å². The summed E-state index contributed by atoms with van der Waals surface area (Å²) in [5, 5.41) is 11.8. The van der Waals surface area contributed by atoms with Crippen LogP contribution in [0.15, 0.2) is 22.7 Å². The van der Waals surface area contributed by atoms with Gasteiger partial charge in [0.15, 0.2) is 5.82 Å². The van der Waals surface area contributed by atoms with E-state index < -0.39 is 18.2 Å². The first-order valence-corrected chi connectivity index (χ1v) is 7.81. The van der Waals surface area contributed by atoms with Crippen molar-refractivity contribution in [3.8, 4) is 0 Å². The number of hydrogen-bond acceptors (Lipinski definition) is 6. The molecule has 1 aromatic carbocycles. The fourth-order valence-corrected chi connectivity index (χ4v) is 2.09. The summed E-state index contributed by atoms with van der Waals surface area (Å²) in [7, 11) is 0. The number of carbonyl (C=O) groups excluding carboxylic acids is 2. The number of rotatable bonds is 5. The second-order valence-electron chi connectivity index (χ2n) is 5.32. The van der Waals surface area contributed by atoms with E-state index in [-0.39, 0.29) is 6.61 Å². The molecule has 0 saturated carbocycles. The molecule has 134 valence electrons. The molecule has 0 unspecified atom stereocenters. The zero-order chi connectivity index (χ0) is 18.4. The Balaban J connectivity index is 2.01. The Labute approximate surface area is 145 Å². The third kappa shape index (κ3) is 4.93. The average molecular weight is 347 g/mol. The molecule has 0 fully saturated rings. The second kappa shape index (κ2) is 8.13. The van der Waals surface area contributed by atoms with Gasteiger partial charge in [-0.15, -0.1) is 0 Å². The number of carbonyl (C=O) groups is 2. The molecule has 25 heavy (non-hydrogen) atoms. The molecule has 0 aliphatic rings. The van der Waals surface area contributed by atoms with Gasteiger partial charge in [0.2, 0.25) is 5.89 Å². The summed E-state index contributed by atoms with van der Waals surface area (Å²) in [6, 6.07) is 4.29. The van der Waals surface area contributed by atoms with E-state index in [0.717, 1.165) is 0 Å². The molecule has 1 heterocycles. The van der Waals surface area contributed by atoms with Crippen LogP contribution in [0.1, 0.15) is 37.2 Å². The van der Waals surface area contributed by atoms with Crippen molar-refractivity contribution in [1.82, 2.24) is 15.5 Å². The smallest absolute Gasteiger partial charge is 0.411 e. The number of ether oxygens (including phenoxy) is 1. The molecule has 9 heteroatoms. The molecule has 2 aromatic rings. The van der Waals surface area contributed by atoms with Crippen molar-refractivity contribution < 1.29 is 18.8 Å². The third-order valence-corrected chi connectivity index (χ3v) is 3.36. The van der Waals surface area contributed by atoms with Crippen molar-refractivity contribution >= 4 is 23.5 Å². The molecule has 1 atom stereocenters. The minimum Gasteiger partial charge on any atom is -0.450 e. The summed E-state index contributed by atoms with van der Waals surface area (Å²) in [6.07, 6.45) is -0.549. The van der Waals surface area contributed by atoms with Crippen molar-refractivity contribution in [2.75, 3.05) is 17.2 Å². The zero-order valence-electron chi connectivity index (χ0n) is 14.5. The highest BCUT2D eigenvalue weighted by Gasteiger charge is 2.16. The highest BCUT2D eigenvalue weighted by Crippen LogP contribution is 2.23. The molecule has 1 aromatic heterocycles. The first-order chi connectivity index (χ1) is 11.9. The molecule has 0 saturated heterocycles. The molecule has 0 spiro atoms. The van der Waals surface area contributed by atoms with Crippen molar-refractivity contribution in [1.29, 1.82) is 0 Å². The van der Waals surface area contributed by atoms with Gasteiger partial charge in [0.05, 0.1) is 6.61 Å². The SMILES string of the molecule is CCOC(=O)Nc1cccc(NC(=O)N[C@@H](C)c2nc(C)no2)c1C. The molecule has 0 bridgehead atoms. The summed E-state index contributed by atoms with van der Waals surface area (Å²) < 4.78 is 9.87. The van der Waals surface area contributed by atoms with Crippen LogP contribution in [0.25, 0.3) is 0 Å². The summed E-state index contributed by atoms with van der Waals surface area (Å²) in [5.74, 6) is 0.819. The third-order valence-electron chi connectivity index (χ3n) is 3.36. The Bertz CT molecular complexity index is 759. The number of benzene rings is 1. The van der Waals surface area contributed by atoms with Gasteiger partial charge in [0.1, 0.15) is 6.04 Å². The fourth-order valence-electron chi connectivity index (χ4n) is 2.09. The topological polar surface area (TPSA) is 118 Å². The summed E-state index contributed by atoms with van der Waals surface area (Å²) in [6.45, 7) is 7.21. The van der Waals surface area contributed by atoms with Crippen LogP contribution in [0, 0.1) is 13.8 Å². The molecule has 2 rings (SSSR count). The first-order valence-electron chi connectivity index (χ1n) is 7.81. The summed E-state index contributed by atoms with van der Waals surface area (Å²) in [5.41, 5.74) is 1.81. The highest BCUT2D eigenvalue weighted by molar-refractivity contribution is 5.93. The van der Waals surface area contributed by atoms with Crippen LogP contribution in [0.5, 0.6) is 0 Å². The molecule has 3 N–H and O–H groups in total. The molecule has 9 nitrogen and oxygen atoms in total. The number of nitrogens with zero attached hydrogens (tertiary/aromatic N) is 2. The predicted octanol–water partition coefficient (Wildman–Crippen LogP) is 3.14. The van der Waals surface area contributed by atoms with Gasteiger partial charge in [-0.05, 0) is 45.4 Å². The standard InChI is InChI=1S/C16H21N5O4/c1-5-24-16(23)20-13-8-6-7-12(9(13)2)19-15(22)17-10(3)14-18-11(4)21-25-14/h6-8,10H,5H2,1-4H3,(H,20,23)(H2,17,19,22)/t10-/m0/s1. The number of amides is 3. The molecule has 0 radical (unpaired) electrons. The van der Waals surface area contributed by atoms with Crippen LogP contribution in [0.2, 0.25) is 0 Å². The number of hydrogen-bond donors (Lipinski definition) is 3. The minimum absolute atomic E-state index is 0.276. The maximum atomic E-state index is 12.2. The van der Waals surface area contributed by atoms with Crippen LogP contribution in [0.3, 0.4) is 0 Å². The number of urea groups is 1. The lowest BCUT2D eigenvalue weighted by Crippen LogP contribution is -2.31. The van der Waals surface area contributed by atoms with E-state index in [4.69, 9.17) is 9.26 Å². The van der Waals surface area contributed by atoms with E-state index in [0.29, 0.717) is 28.7 Å². The number of aryl methyl sites for hydroxylation is 1. The normalized spacial score (nSPS) is 11.5. The Hall–Kier alpha value is -3.10. The Kier molecular flexibility index (Phi) is 5.93. The van der Waals surface area contributed by atoms with E-state index in [1.807, 2.05) is 0 Å². The van der Waals surface area contributed by atoms with E-state index in [9.17, 15) is 9.59 Å². The van der Waals surface area contributed by atoms with Crippen molar-refractivity contribution in [3.63, 3.8) is 0 Å². The number of nitrogens with one attached hydrogen (secondary N) is 3. The van der Waals surface area contributed by atoms with Crippen LogP contribution < -0.4 is 16.0 Å². The maximum absolute atomic E-state index is 12.2. The van der Waals surface area contributed by atoms with Crippen LogP contribution >= 0.6 is 0 Å². The van der Waals surface area contributed by atoms with Gasteiger partial charge >= 0.3 is 12.1 Å². The molecule has 0 aliphatic carbocycles. The molecular formula is C16H21N5O4. The van der Waals surface area contributed by atoms with Gasteiger partial charge in [-0.2, -0.15) is 4.98 Å². The van der Waals surface area contributed by atoms with Crippen LogP contribution in [-0.4, -0.2) is 28.9 Å². The quantitative estimate of drug-likeness (QED) is 0.764. The van der Waals surface area contributed by atoms with Crippen molar-refractivity contribution in [2.45, 2.75) is 33.7 Å². The second-order valence-corrected chi connectivity index (χ2v) is 5.32. The van der Waals surface area contributed by atoms with Crippen molar-refractivity contribution in [3.05, 3.63) is 35.5 Å². The monoisotopic (exact) mass is 347 g/mol. The maximum Gasteiger partial charge on any atom is 0.411 e. The zero-order valence-corrected chi connectivity index (χ0v) is 14.5. The summed E-state index contributed by atoms with van der Waals surface area (Å²) in [4.78, 5) is 27.8. The molecular weight excluding hydrogens is 326 g/mol. The van der Waals surface area contributed by atoms with Crippen molar-refractivity contribution in [2.24, 2.45) is 0 Å². The first kappa shape index (κ1) is 18.2. The Morgan fingerprint density at radius 1 is 1.24 bits per heavy atom. The van der Waals surface area contributed by atoms with Crippen LogP contribution in [0.4, 0.5) is 21.0 Å². The van der Waals surface area contributed by atoms with Gasteiger partial charge in [0.25, 0.3) is 0 Å². The van der Waals surface area contributed by atoms with E-state index in [1.54, 1.807) is 45.9 Å². The average Bonchev–Trinajstić information content (AvgIpc) is 2.98. The minimum atomic E-state index is -0.549.